The molecular weight excluding hydrogens is 168 g/mol. The first kappa shape index (κ1) is 9.64. The maximum atomic E-state index is 10.6. The Balaban J connectivity index is 2.81. The number of nitrogens with two attached hydrogens (primary N) is 1. The molecule has 1 heterocycles. The Kier molecular flexibility index (Phi) is 2.60. The zero-order valence-electron chi connectivity index (χ0n) is 8.05. The number of hydrogen-bond acceptors (Lipinski definition) is 2. The third-order valence-electron chi connectivity index (χ3n) is 1.90. The van der Waals surface area contributed by atoms with E-state index >= 15 is 0 Å². The summed E-state index contributed by atoms with van der Waals surface area (Å²) in [5, 5.41) is 2.59. The lowest BCUT2D eigenvalue weighted by Gasteiger charge is -2.10. The Morgan fingerprint density at radius 2 is 2.23 bits per heavy atom. The van der Waals surface area contributed by atoms with Crippen LogP contribution in [0.3, 0.4) is 0 Å². The summed E-state index contributed by atoms with van der Waals surface area (Å²) in [6.07, 6.45) is 0. The molecule has 1 unspecified atom stereocenters. The predicted octanol–water partition coefficient (Wildman–Crippen LogP) is 1.63. The molecule has 13 heavy (non-hydrogen) atoms. The van der Waals surface area contributed by atoms with E-state index in [-0.39, 0.29) is 6.04 Å². The maximum absolute atomic E-state index is 10.6. The van der Waals surface area contributed by atoms with Crippen molar-refractivity contribution in [3.63, 3.8) is 0 Å². The molecule has 0 saturated carbocycles. The van der Waals surface area contributed by atoms with Gasteiger partial charge in [0.25, 0.3) is 0 Å². The second-order valence-corrected chi connectivity index (χ2v) is 3.10. The number of hydrogen-bond donors (Lipinski definition) is 2. The lowest BCUT2D eigenvalue weighted by atomic mass is 10.1. The van der Waals surface area contributed by atoms with Crippen LogP contribution in [0.4, 0.5) is 4.79 Å². The molecule has 72 valence electrons. The topological polar surface area (TPSA) is 68.3 Å². The van der Waals surface area contributed by atoms with Gasteiger partial charge in [-0.3, -0.25) is 0 Å². The van der Waals surface area contributed by atoms with Crippen molar-refractivity contribution in [3.8, 4) is 0 Å². The number of rotatable bonds is 2. The van der Waals surface area contributed by atoms with Gasteiger partial charge in [-0.25, -0.2) is 4.79 Å². The summed E-state index contributed by atoms with van der Waals surface area (Å²) in [6.45, 7) is 5.59. The van der Waals surface area contributed by atoms with E-state index in [4.69, 9.17) is 10.2 Å². The quantitative estimate of drug-likeness (QED) is 0.729. The van der Waals surface area contributed by atoms with E-state index in [1.54, 1.807) is 0 Å². The molecule has 0 radical (unpaired) electrons. The fourth-order valence-electron chi connectivity index (χ4n) is 1.37. The van der Waals surface area contributed by atoms with Gasteiger partial charge < -0.3 is 15.5 Å². The van der Waals surface area contributed by atoms with Crippen molar-refractivity contribution in [3.05, 3.63) is 23.2 Å². The minimum atomic E-state index is -0.522. The molecule has 0 aliphatic heterocycles. The molecule has 4 nitrogen and oxygen atoms in total. The molecule has 1 aromatic heterocycles. The summed E-state index contributed by atoms with van der Waals surface area (Å²) in [5.41, 5.74) is 5.98. The summed E-state index contributed by atoms with van der Waals surface area (Å²) in [5.74, 6) is 1.66. The molecule has 1 rings (SSSR count). The van der Waals surface area contributed by atoms with Crippen molar-refractivity contribution in [1.29, 1.82) is 0 Å². The van der Waals surface area contributed by atoms with Crippen molar-refractivity contribution in [1.82, 2.24) is 5.32 Å². The normalized spacial score (nSPS) is 12.5. The number of aryl methyl sites for hydroxylation is 2. The van der Waals surface area contributed by atoms with Gasteiger partial charge in [0.15, 0.2) is 0 Å². The van der Waals surface area contributed by atoms with Gasteiger partial charge in [-0.1, -0.05) is 0 Å². The van der Waals surface area contributed by atoms with E-state index < -0.39 is 6.03 Å². The first-order chi connectivity index (χ1) is 6.00. The minimum Gasteiger partial charge on any atom is -0.466 e. The number of primary amides is 1. The standard InChI is InChI=1S/C9H14N2O2/c1-5-4-8(7(3)13-5)6(2)11-9(10)12/h4,6H,1-3H3,(H3,10,11,12). The molecule has 0 aliphatic carbocycles. The van der Waals surface area contributed by atoms with E-state index in [0.29, 0.717) is 0 Å². The van der Waals surface area contributed by atoms with Crippen molar-refractivity contribution >= 4 is 6.03 Å². The van der Waals surface area contributed by atoms with Crippen LogP contribution in [0, 0.1) is 13.8 Å². The first-order valence-electron chi connectivity index (χ1n) is 4.13. The van der Waals surface area contributed by atoms with Crippen LogP contribution >= 0.6 is 0 Å². The molecule has 0 fully saturated rings. The van der Waals surface area contributed by atoms with Crippen LogP contribution in [0.2, 0.25) is 0 Å². The number of nitrogens with one attached hydrogen (secondary N) is 1. The summed E-state index contributed by atoms with van der Waals surface area (Å²) in [4.78, 5) is 10.6. The Bertz CT molecular complexity index is 317. The molecule has 0 aromatic carbocycles. The number of amides is 2. The fourth-order valence-corrected chi connectivity index (χ4v) is 1.37. The summed E-state index contributed by atoms with van der Waals surface area (Å²) in [6, 6.07) is 1.27. The highest BCUT2D eigenvalue weighted by molar-refractivity contribution is 5.72. The SMILES string of the molecule is Cc1cc(C(C)NC(N)=O)c(C)o1. The highest BCUT2D eigenvalue weighted by Crippen LogP contribution is 2.20. The predicted molar refractivity (Wildman–Crippen MR) is 49.3 cm³/mol. The fraction of sp³-hybridized carbons (Fsp3) is 0.444. The van der Waals surface area contributed by atoms with Gasteiger partial charge in [0.05, 0.1) is 6.04 Å². The number of carbonyl (C=O) groups excluding carboxylic acids is 1. The van der Waals surface area contributed by atoms with Gasteiger partial charge >= 0.3 is 6.03 Å². The van der Waals surface area contributed by atoms with Gasteiger partial charge in [-0.05, 0) is 26.8 Å². The van der Waals surface area contributed by atoms with Crippen molar-refractivity contribution < 1.29 is 9.21 Å². The average molecular weight is 182 g/mol. The lowest BCUT2D eigenvalue weighted by Crippen LogP contribution is -2.31. The molecule has 1 aromatic rings. The van der Waals surface area contributed by atoms with Crippen LogP contribution in [0.1, 0.15) is 30.0 Å². The molecular formula is C9H14N2O2. The highest BCUT2D eigenvalue weighted by atomic mass is 16.3. The summed E-state index contributed by atoms with van der Waals surface area (Å²) < 4.78 is 5.33. The number of carbonyl (C=O) groups is 1. The molecule has 0 saturated heterocycles. The minimum absolute atomic E-state index is 0.102. The van der Waals surface area contributed by atoms with E-state index in [1.807, 2.05) is 26.8 Å². The highest BCUT2D eigenvalue weighted by Gasteiger charge is 2.12. The van der Waals surface area contributed by atoms with Crippen LogP contribution < -0.4 is 11.1 Å². The first-order valence-corrected chi connectivity index (χ1v) is 4.13. The monoisotopic (exact) mass is 182 g/mol. The van der Waals surface area contributed by atoms with Crippen LogP contribution in [0.15, 0.2) is 10.5 Å². The molecule has 0 aliphatic rings. The Hall–Kier alpha value is -1.45. The maximum Gasteiger partial charge on any atom is 0.312 e. The van der Waals surface area contributed by atoms with E-state index in [9.17, 15) is 4.79 Å². The lowest BCUT2D eigenvalue weighted by molar-refractivity contribution is 0.246. The molecule has 3 N–H and O–H groups in total. The van der Waals surface area contributed by atoms with Crippen LogP contribution in [-0.2, 0) is 0 Å². The van der Waals surface area contributed by atoms with Crippen molar-refractivity contribution in [2.75, 3.05) is 0 Å². The number of urea groups is 1. The van der Waals surface area contributed by atoms with Crippen LogP contribution in [0.5, 0.6) is 0 Å². The largest absolute Gasteiger partial charge is 0.466 e. The molecule has 0 spiro atoms. The van der Waals surface area contributed by atoms with Gasteiger partial charge in [0, 0.05) is 5.56 Å². The Labute approximate surface area is 77.1 Å². The van der Waals surface area contributed by atoms with Crippen molar-refractivity contribution in [2.24, 2.45) is 5.73 Å². The van der Waals surface area contributed by atoms with Crippen LogP contribution in [0.25, 0.3) is 0 Å². The zero-order chi connectivity index (χ0) is 10.0. The Morgan fingerprint density at radius 3 is 2.62 bits per heavy atom. The van der Waals surface area contributed by atoms with Gasteiger partial charge in [-0.15, -0.1) is 0 Å². The summed E-state index contributed by atoms with van der Waals surface area (Å²) >= 11 is 0. The van der Waals surface area contributed by atoms with Gasteiger partial charge in [0.1, 0.15) is 11.5 Å². The van der Waals surface area contributed by atoms with Gasteiger partial charge in [0.2, 0.25) is 0 Å². The molecule has 1 atom stereocenters. The average Bonchev–Trinajstić information content (AvgIpc) is 2.28. The van der Waals surface area contributed by atoms with Crippen LogP contribution in [-0.4, -0.2) is 6.03 Å². The molecule has 2 amide bonds. The second kappa shape index (κ2) is 3.51. The Morgan fingerprint density at radius 1 is 1.62 bits per heavy atom. The smallest absolute Gasteiger partial charge is 0.312 e. The number of furan rings is 1. The molecule has 0 bridgehead atoms. The third-order valence-corrected chi connectivity index (χ3v) is 1.90. The zero-order valence-corrected chi connectivity index (χ0v) is 8.05. The second-order valence-electron chi connectivity index (χ2n) is 3.10. The van der Waals surface area contributed by atoms with E-state index in [2.05, 4.69) is 5.32 Å². The van der Waals surface area contributed by atoms with Crippen molar-refractivity contribution in [2.45, 2.75) is 26.8 Å². The van der Waals surface area contributed by atoms with E-state index in [1.165, 1.54) is 0 Å². The molecule has 4 heteroatoms. The van der Waals surface area contributed by atoms with E-state index in [0.717, 1.165) is 17.1 Å². The van der Waals surface area contributed by atoms with Gasteiger partial charge in [-0.2, -0.15) is 0 Å². The third kappa shape index (κ3) is 2.24. The summed E-state index contributed by atoms with van der Waals surface area (Å²) in [7, 11) is 0.